The average Bonchev–Trinajstić information content (AvgIpc) is 2.07. The van der Waals surface area contributed by atoms with E-state index in [0.717, 1.165) is 17.2 Å². The molecule has 13 heavy (non-hydrogen) atoms. The van der Waals surface area contributed by atoms with Crippen molar-refractivity contribution < 1.29 is 25.3 Å². The molecule has 0 heterocycles. The summed E-state index contributed by atoms with van der Waals surface area (Å²) in [5.41, 5.74) is 4.85. The van der Waals surface area contributed by atoms with Gasteiger partial charge in [-0.15, -0.1) is 0 Å². The predicted molar refractivity (Wildman–Crippen MR) is 53.0 cm³/mol. The van der Waals surface area contributed by atoms with Gasteiger partial charge in [0.05, 0.1) is 0 Å². The van der Waals surface area contributed by atoms with Crippen molar-refractivity contribution in [1.29, 1.82) is 0 Å². The van der Waals surface area contributed by atoms with E-state index in [0.29, 0.717) is 0 Å². The third kappa shape index (κ3) is 15.4. The molecule has 0 aromatic heterocycles. The topological polar surface area (TPSA) is 44.5 Å². The van der Waals surface area contributed by atoms with Gasteiger partial charge in [-0.25, -0.2) is 0 Å². The zero-order valence-corrected chi connectivity index (χ0v) is 11.2. The molecular weight excluding hydrogens is 202 g/mol. The molecule has 0 aromatic carbocycles. The zero-order chi connectivity index (χ0) is 10.7. The number of hydrogen-bond acceptors (Lipinski definition) is 3. The van der Waals surface area contributed by atoms with Gasteiger partial charge in [0.2, 0.25) is 0 Å². The van der Waals surface area contributed by atoms with Crippen molar-refractivity contribution in [2.75, 3.05) is 20.8 Å². The van der Waals surface area contributed by atoms with Crippen LogP contribution < -0.4 is 5.73 Å². The molecule has 0 unspecified atom stereocenters. The van der Waals surface area contributed by atoms with E-state index in [-0.39, 0.29) is 0 Å². The zero-order valence-electron chi connectivity index (χ0n) is 9.59. The van der Waals surface area contributed by atoms with Crippen LogP contribution in [0.15, 0.2) is 0 Å². The molecule has 0 bridgehead atoms. The minimum atomic E-state index is -1.50. The quantitative estimate of drug-likeness (QED) is 0.730. The maximum atomic E-state index is 5.19. The summed E-state index contributed by atoms with van der Waals surface area (Å²) in [6.07, 6.45) is 1.23. The van der Waals surface area contributed by atoms with Crippen LogP contribution in [0.2, 0.25) is 4.73 Å². The molecule has 0 aliphatic carbocycles. The van der Waals surface area contributed by atoms with E-state index in [4.69, 9.17) is 12.4 Å². The predicted octanol–water partition coefficient (Wildman–Crippen LogP) is 2.16. The molecule has 0 atom stereocenters. The van der Waals surface area contributed by atoms with Gasteiger partial charge in [-0.05, 0) is 6.54 Å². The summed E-state index contributed by atoms with van der Waals surface area (Å²) >= 11 is -1.50. The molecular formula is C9H24NO2Ti. The molecule has 81 valence electrons. The molecule has 0 radical (unpaired) electrons. The summed E-state index contributed by atoms with van der Waals surface area (Å²) in [5.74, 6) is 0.771. The van der Waals surface area contributed by atoms with Gasteiger partial charge in [0.15, 0.2) is 0 Å². The van der Waals surface area contributed by atoms with Crippen LogP contribution in [0.3, 0.4) is 0 Å². The van der Waals surface area contributed by atoms with Crippen molar-refractivity contribution in [3.05, 3.63) is 0 Å². The first kappa shape index (κ1) is 16.0. The van der Waals surface area contributed by atoms with Crippen LogP contribution in [-0.2, 0) is 25.3 Å². The van der Waals surface area contributed by atoms with Crippen LogP contribution >= 0.6 is 0 Å². The second-order valence-corrected chi connectivity index (χ2v) is 6.34. The van der Waals surface area contributed by atoms with Gasteiger partial charge < -0.3 is 5.73 Å². The van der Waals surface area contributed by atoms with Gasteiger partial charge in [0.1, 0.15) is 0 Å². The number of hydrogen-bond donors (Lipinski definition) is 1. The van der Waals surface area contributed by atoms with E-state index in [9.17, 15) is 0 Å². The maximum absolute atomic E-state index is 5.19. The van der Waals surface area contributed by atoms with E-state index in [2.05, 4.69) is 13.8 Å². The first-order chi connectivity index (χ1) is 6.12. The summed E-state index contributed by atoms with van der Waals surface area (Å²) in [6, 6.07) is 0. The molecule has 4 heteroatoms. The van der Waals surface area contributed by atoms with Crippen molar-refractivity contribution in [3.63, 3.8) is 0 Å². The second-order valence-electron chi connectivity index (χ2n) is 3.12. The SMILES string of the molecule is CCN.C[O][Ti]([CH2]CC(C)C)[O]C. The Balaban J connectivity index is 0. The third-order valence-electron chi connectivity index (χ3n) is 1.38. The van der Waals surface area contributed by atoms with Gasteiger partial charge in [-0.2, -0.15) is 0 Å². The van der Waals surface area contributed by atoms with Crippen molar-refractivity contribution in [1.82, 2.24) is 0 Å². The van der Waals surface area contributed by atoms with Crippen molar-refractivity contribution >= 4 is 0 Å². The number of rotatable bonds is 5. The summed E-state index contributed by atoms with van der Waals surface area (Å²) in [7, 11) is 3.50. The molecule has 0 aromatic rings. The fraction of sp³-hybridized carbons (Fsp3) is 1.00. The average molecular weight is 226 g/mol. The Kier molecular flexibility index (Phi) is 15.5. The van der Waals surface area contributed by atoms with Crippen LogP contribution in [0.1, 0.15) is 27.2 Å². The Bertz CT molecular complexity index is 87.7. The molecule has 0 aliphatic rings. The van der Waals surface area contributed by atoms with Crippen LogP contribution in [0.5, 0.6) is 0 Å². The van der Waals surface area contributed by atoms with Gasteiger partial charge in [0, 0.05) is 0 Å². The molecule has 0 rings (SSSR count). The van der Waals surface area contributed by atoms with Crippen LogP contribution in [0.25, 0.3) is 0 Å². The van der Waals surface area contributed by atoms with Crippen molar-refractivity contribution in [2.24, 2.45) is 11.7 Å². The first-order valence-electron chi connectivity index (χ1n) is 4.76. The second kappa shape index (κ2) is 12.6. The summed E-state index contributed by atoms with van der Waals surface area (Å²) in [5, 5.41) is 0. The van der Waals surface area contributed by atoms with Crippen molar-refractivity contribution in [3.8, 4) is 0 Å². The molecule has 3 nitrogen and oxygen atoms in total. The monoisotopic (exact) mass is 226 g/mol. The van der Waals surface area contributed by atoms with Gasteiger partial charge in [0.25, 0.3) is 0 Å². The van der Waals surface area contributed by atoms with E-state index < -0.39 is 18.6 Å². The standard InChI is InChI=1S/C5H11.C2H7N.2CH3O.Ti/c1-4-5(2)3;1-2-3;2*1-2;/h5H,1,4H2,2-3H3;2-3H2,1H3;2*1H3;/q;;2*-1;+2. The van der Waals surface area contributed by atoms with E-state index >= 15 is 0 Å². The molecule has 0 saturated heterocycles. The van der Waals surface area contributed by atoms with E-state index in [1.54, 1.807) is 14.2 Å². The van der Waals surface area contributed by atoms with Crippen LogP contribution in [0, 0.1) is 5.92 Å². The summed E-state index contributed by atoms with van der Waals surface area (Å²) in [6.45, 7) is 7.10. The Labute approximate surface area is 89.8 Å². The molecule has 0 aliphatic heterocycles. The first-order valence-corrected chi connectivity index (χ1v) is 7.14. The minimum absolute atomic E-state index is 0.750. The van der Waals surface area contributed by atoms with Crippen molar-refractivity contribution in [2.45, 2.75) is 31.9 Å². The third-order valence-corrected chi connectivity index (χ3v) is 3.89. The summed E-state index contributed by atoms with van der Waals surface area (Å²) < 4.78 is 11.5. The summed E-state index contributed by atoms with van der Waals surface area (Å²) in [4.78, 5) is 0. The van der Waals surface area contributed by atoms with E-state index in [1.807, 2.05) is 6.92 Å². The fourth-order valence-corrected chi connectivity index (χ4v) is 2.86. The van der Waals surface area contributed by atoms with Gasteiger partial charge >= 0.3 is 70.4 Å². The normalized spacial score (nSPS) is 9.46. The Morgan fingerprint density at radius 2 is 1.62 bits per heavy atom. The molecule has 2 N–H and O–H groups in total. The van der Waals surface area contributed by atoms with Gasteiger partial charge in [-0.1, -0.05) is 6.92 Å². The molecule has 0 amide bonds. The fourth-order valence-electron chi connectivity index (χ4n) is 0.694. The molecule has 0 saturated carbocycles. The number of nitrogens with two attached hydrogens (primary N) is 1. The Morgan fingerprint density at radius 1 is 1.23 bits per heavy atom. The molecule has 0 fully saturated rings. The Morgan fingerprint density at radius 3 is 1.85 bits per heavy atom. The van der Waals surface area contributed by atoms with E-state index in [1.165, 1.54) is 6.42 Å². The Hall–Kier alpha value is 0.594. The van der Waals surface area contributed by atoms with Crippen LogP contribution in [0.4, 0.5) is 0 Å². The van der Waals surface area contributed by atoms with Gasteiger partial charge in [-0.3, -0.25) is 0 Å². The van der Waals surface area contributed by atoms with Crippen LogP contribution in [-0.4, -0.2) is 20.8 Å². The molecule has 0 spiro atoms.